The number of hydrogen-bond donors (Lipinski definition) is 1. The van der Waals surface area contributed by atoms with Gasteiger partial charge in [-0.2, -0.15) is 0 Å². The van der Waals surface area contributed by atoms with E-state index in [0.29, 0.717) is 16.8 Å². The van der Waals surface area contributed by atoms with Crippen LogP contribution in [0.15, 0.2) is 12.1 Å². The Morgan fingerprint density at radius 1 is 1.47 bits per heavy atom. The molecule has 0 aliphatic carbocycles. The topological polar surface area (TPSA) is 59.2 Å². The van der Waals surface area contributed by atoms with Crippen LogP contribution in [0.4, 0.5) is 5.82 Å². The lowest BCUT2D eigenvalue weighted by Crippen LogP contribution is -2.32. The Morgan fingerprint density at radius 2 is 2.16 bits per heavy atom. The molecule has 1 atom stereocenters. The van der Waals surface area contributed by atoms with Crippen LogP contribution < -0.4 is 5.73 Å². The van der Waals surface area contributed by atoms with Crippen LogP contribution in [-0.2, 0) is 0 Å². The first-order valence-electron chi connectivity index (χ1n) is 6.50. The lowest BCUT2D eigenvalue weighted by atomic mass is 9.80. The zero-order chi connectivity index (χ0) is 14.2. The van der Waals surface area contributed by atoms with E-state index in [9.17, 15) is 4.79 Å². The van der Waals surface area contributed by atoms with E-state index in [1.807, 2.05) is 4.90 Å². The molecule has 0 radical (unpaired) electrons. The largest absolute Gasteiger partial charge is 0.384 e. The number of nitrogens with two attached hydrogens (primary N) is 1. The molecule has 0 bridgehead atoms. The fraction of sp³-hybridized carbons (Fsp3) is 0.571. The molecule has 1 unspecified atom stereocenters. The van der Waals surface area contributed by atoms with Crippen LogP contribution >= 0.6 is 11.6 Å². The third-order valence-electron chi connectivity index (χ3n) is 3.77. The average Bonchev–Trinajstić information content (AvgIpc) is 2.80. The Hall–Kier alpha value is -1.29. The molecule has 1 aromatic rings. The molecule has 19 heavy (non-hydrogen) atoms. The normalized spacial score (nSPS) is 19.8. The number of aromatic nitrogens is 1. The molecular formula is C14H20ClN3O. The lowest BCUT2D eigenvalue weighted by Gasteiger charge is -2.26. The van der Waals surface area contributed by atoms with Gasteiger partial charge in [-0.05, 0) is 29.9 Å². The van der Waals surface area contributed by atoms with E-state index in [-0.39, 0.29) is 17.0 Å². The van der Waals surface area contributed by atoms with Gasteiger partial charge in [0.1, 0.15) is 11.5 Å². The Balaban J connectivity index is 2.16. The summed E-state index contributed by atoms with van der Waals surface area (Å²) in [5.41, 5.74) is 6.09. The summed E-state index contributed by atoms with van der Waals surface area (Å²) in [7, 11) is 0. The predicted molar refractivity (Wildman–Crippen MR) is 77.1 cm³/mol. The van der Waals surface area contributed by atoms with Crippen molar-refractivity contribution in [3.63, 3.8) is 0 Å². The van der Waals surface area contributed by atoms with Crippen molar-refractivity contribution in [1.82, 2.24) is 9.88 Å². The van der Waals surface area contributed by atoms with Crippen molar-refractivity contribution in [3.05, 3.63) is 22.8 Å². The molecule has 2 heterocycles. The minimum atomic E-state index is -0.121. The summed E-state index contributed by atoms with van der Waals surface area (Å²) in [6.45, 7) is 8.13. The van der Waals surface area contributed by atoms with Gasteiger partial charge in [0.15, 0.2) is 0 Å². The second-order valence-corrected chi connectivity index (χ2v) is 6.58. The van der Waals surface area contributed by atoms with Crippen LogP contribution in [0.1, 0.15) is 37.7 Å². The molecule has 1 fully saturated rings. The van der Waals surface area contributed by atoms with E-state index in [0.717, 1.165) is 19.5 Å². The lowest BCUT2D eigenvalue weighted by molar-refractivity contribution is 0.0771. The molecular weight excluding hydrogens is 262 g/mol. The van der Waals surface area contributed by atoms with Crippen molar-refractivity contribution in [2.75, 3.05) is 18.8 Å². The number of nitrogens with zero attached hydrogens (tertiary/aromatic N) is 2. The van der Waals surface area contributed by atoms with Crippen molar-refractivity contribution in [3.8, 4) is 0 Å². The maximum atomic E-state index is 12.4. The van der Waals surface area contributed by atoms with Gasteiger partial charge in [0, 0.05) is 13.1 Å². The van der Waals surface area contributed by atoms with Crippen LogP contribution in [0.2, 0.25) is 5.02 Å². The summed E-state index contributed by atoms with van der Waals surface area (Å²) in [4.78, 5) is 18.3. The molecule has 4 nitrogen and oxygen atoms in total. The second-order valence-electron chi connectivity index (χ2n) is 6.17. The summed E-state index contributed by atoms with van der Waals surface area (Å²) in [5, 5.41) is 0.360. The Kier molecular flexibility index (Phi) is 3.72. The highest BCUT2D eigenvalue weighted by molar-refractivity contribution is 6.33. The first-order chi connectivity index (χ1) is 8.79. The predicted octanol–water partition coefficient (Wildman–Crippen LogP) is 2.83. The highest BCUT2D eigenvalue weighted by Gasteiger charge is 2.35. The average molecular weight is 282 g/mol. The number of nitrogen functional groups attached to an aromatic ring is 1. The van der Waals surface area contributed by atoms with E-state index in [1.54, 1.807) is 12.1 Å². The standard InChI is InChI=1S/C14H20ClN3O/c1-14(2,3)9-6-7-18(8-9)13(19)12-10(15)4-5-11(16)17-12/h4-5,9H,6-8H2,1-3H3,(H2,16,17). The number of halogens is 1. The Labute approximate surface area is 118 Å². The number of pyridine rings is 1. The molecule has 0 aromatic carbocycles. The molecule has 0 spiro atoms. The maximum Gasteiger partial charge on any atom is 0.274 e. The zero-order valence-corrected chi connectivity index (χ0v) is 12.4. The van der Waals surface area contributed by atoms with E-state index < -0.39 is 0 Å². The number of anilines is 1. The van der Waals surface area contributed by atoms with E-state index in [4.69, 9.17) is 17.3 Å². The van der Waals surface area contributed by atoms with Gasteiger partial charge in [-0.3, -0.25) is 4.79 Å². The number of amides is 1. The van der Waals surface area contributed by atoms with Crippen LogP contribution in [0.5, 0.6) is 0 Å². The molecule has 0 saturated carbocycles. The second kappa shape index (κ2) is 5.00. The van der Waals surface area contributed by atoms with Crippen molar-refractivity contribution in [2.45, 2.75) is 27.2 Å². The molecule has 1 saturated heterocycles. The quantitative estimate of drug-likeness (QED) is 0.861. The third kappa shape index (κ3) is 3.00. The summed E-state index contributed by atoms with van der Waals surface area (Å²) in [6, 6.07) is 3.22. The SMILES string of the molecule is CC(C)(C)C1CCN(C(=O)c2nc(N)ccc2Cl)C1. The van der Waals surface area contributed by atoms with Gasteiger partial charge in [0.2, 0.25) is 0 Å². The molecule has 5 heteroatoms. The first kappa shape index (κ1) is 14.1. The minimum Gasteiger partial charge on any atom is -0.384 e. The molecule has 2 N–H and O–H groups in total. The summed E-state index contributed by atoms with van der Waals surface area (Å²) < 4.78 is 0. The van der Waals surface area contributed by atoms with Crippen LogP contribution in [0.3, 0.4) is 0 Å². The molecule has 1 aliphatic heterocycles. The van der Waals surface area contributed by atoms with Gasteiger partial charge in [0.25, 0.3) is 5.91 Å². The van der Waals surface area contributed by atoms with Crippen LogP contribution in [-0.4, -0.2) is 28.9 Å². The first-order valence-corrected chi connectivity index (χ1v) is 6.88. The van der Waals surface area contributed by atoms with Gasteiger partial charge >= 0.3 is 0 Å². The minimum absolute atomic E-state index is 0.121. The molecule has 1 aliphatic rings. The van der Waals surface area contributed by atoms with E-state index in [1.165, 1.54) is 0 Å². The van der Waals surface area contributed by atoms with E-state index in [2.05, 4.69) is 25.8 Å². The zero-order valence-electron chi connectivity index (χ0n) is 11.6. The fourth-order valence-corrected chi connectivity index (χ4v) is 2.59. The van der Waals surface area contributed by atoms with Gasteiger partial charge in [-0.15, -0.1) is 0 Å². The third-order valence-corrected chi connectivity index (χ3v) is 4.08. The number of carbonyl (C=O) groups is 1. The van der Waals surface area contributed by atoms with Gasteiger partial charge in [-0.25, -0.2) is 4.98 Å². The summed E-state index contributed by atoms with van der Waals surface area (Å²) in [5.74, 6) is 0.708. The summed E-state index contributed by atoms with van der Waals surface area (Å²) in [6.07, 6.45) is 1.02. The van der Waals surface area contributed by atoms with Crippen LogP contribution in [0, 0.1) is 11.3 Å². The molecule has 1 amide bonds. The Morgan fingerprint density at radius 3 is 2.74 bits per heavy atom. The van der Waals surface area contributed by atoms with Crippen molar-refractivity contribution >= 4 is 23.3 Å². The van der Waals surface area contributed by atoms with Crippen molar-refractivity contribution in [1.29, 1.82) is 0 Å². The number of likely N-dealkylation sites (tertiary alicyclic amines) is 1. The smallest absolute Gasteiger partial charge is 0.274 e. The maximum absolute atomic E-state index is 12.4. The molecule has 2 rings (SSSR count). The van der Waals surface area contributed by atoms with Crippen molar-refractivity contribution < 1.29 is 4.79 Å². The highest BCUT2D eigenvalue weighted by atomic mass is 35.5. The number of hydrogen-bond acceptors (Lipinski definition) is 3. The fourth-order valence-electron chi connectivity index (χ4n) is 2.41. The number of rotatable bonds is 1. The Bertz CT molecular complexity index is 496. The van der Waals surface area contributed by atoms with E-state index >= 15 is 0 Å². The summed E-state index contributed by atoms with van der Waals surface area (Å²) >= 11 is 6.03. The van der Waals surface area contributed by atoms with Gasteiger partial charge in [0.05, 0.1) is 5.02 Å². The molecule has 104 valence electrons. The highest BCUT2D eigenvalue weighted by Crippen LogP contribution is 2.34. The monoisotopic (exact) mass is 281 g/mol. The van der Waals surface area contributed by atoms with Gasteiger partial charge < -0.3 is 10.6 Å². The van der Waals surface area contributed by atoms with Gasteiger partial charge in [-0.1, -0.05) is 32.4 Å². The number of carbonyl (C=O) groups excluding carboxylic acids is 1. The molecule has 1 aromatic heterocycles. The van der Waals surface area contributed by atoms with Crippen molar-refractivity contribution in [2.24, 2.45) is 11.3 Å². The van der Waals surface area contributed by atoms with Crippen LogP contribution in [0.25, 0.3) is 0 Å².